The Morgan fingerprint density at radius 2 is 1.96 bits per heavy atom. The van der Waals surface area contributed by atoms with Gasteiger partial charge in [0, 0.05) is 20.6 Å². The Hall–Kier alpha value is -1.67. The number of amides is 1. The Kier molecular flexibility index (Phi) is 4.39. The summed E-state index contributed by atoms with van der Waals surface area (Å²) in [6, 6.07) is 2.78. The van der Waals surface area contributed by atoms with E-state index in [1.807, 2.05) is 4.72 Å². The summed E-state index contributed by atoms with van der Waals surface area (Å²) in [6.45, 7) is 0.767. The van der Waals surface area contributed by atoms with Crippen LogP contribution in [0.4, 0.5) is 4.39 Å². The van der Waals surface area contributed by atoms with Gasteiger partial charge in [-0.2, -0.15) is 12.7 Å². The normalized spacial score (nSPS) is 29.5. The van der Waals surface area contributed by atoms with E-state index in [2.05, 4.69) is 0 Å². The predicted octanol–water partition coefficient (Wildman–Crippen LogP) is 3.20. The first-order valence-corrected chi connectivity index (χ1v) is 11.7. The minimum atomic E-state index is -3.90. The molecule has 2 unspecified atom stereocenters. The maximum absolute atomic E-state index is 14.7. The molecule has 1 aliphatic heterocycles. The van der Waals surface area contributed by atoms with Gasteiger partial charge >= 0.3 is 10.2 Å². The summed E-state index contributed by atoms with van der Waals surface area (Å²) in [5, 5.41) is 0. The molecule has 4 fully saturated rings. The molecule has 1 aromatic carbocycles. The zero-order valence-electron chi connectivity index (χ0n) is 15.7. The molecule has 28 heavy (non-hydrogen) atoms. The van der Waals surface area contributed by atoms with Crippen LogP contribution in [0.25, 0.3) is 0 Å². The van der Waals surface area contributed by atoms with Crippen LogP contribution in [0.1, 0.15) is 68.2 Å². The molecule has 3 aliphatic carbocycles. The average Bonchev–Trinajstić information content (AvgIpc) is 3.20. The van der Waals surface area contributed by atoms with E-state index in [0.29, 0.717) is 24.8 Å². The summed E-state index contributed by atoms with van der Waals surface area (Å²) >= 11 is 0. The third-order valence-electron chi connectivity index (χ3n) is 6.69. The first kappa shape index (κ1) is 18.4. The Morgan fingerprint density at radius 1 is 1.18 bits per heavy atom. The van der Waals surface area contributed by atoms with E-state index in [-0.39, 0.29) is 19.0 Å². The highest BCUT2D eigenvalue weighted by Crippen LogP contribution is 2.49. The molecule has 0 aromatic heterocycles. The lowest BCUT2D eigenvalue weighted by Gasteiger charge is -2.29. The lowest BCUT2D eigenvalue weighted by Crippen LogP contribution is -2.49. The highest BCUT2D eigenvalue weighted by molar-refractivity contribution is 7.87. The molecule has 8 heteroatoms. The smallest absolute Gasteiger partial charge is 0.304 e. The second kappa shape index (κ2) is 6.69. The van der Waals surface area contributed by atoms with Crippen molar-refractivity contribution in [3.05, 3.63) is 29.1 Å². The Labute approximate surface area is 166 Å². The van der Waals surface area contributed by atoms with Crippen LogP contribution in [0.3, 0.4) is 0 Å². The Balaban J connectivity index is 0.00000205. The molecular weight excluding hydrogens is 383 g/mol. The number of nitrogens with one attached hydrogen (secondary N) is 1. The third-order valence-corrected chi connectivity index (χ3v) is 8.18. The van der Waals surface area contributed by atoms with E-state index in [4.69, 9.17) is 4.74 Å². The molecule has 1 saturated heterocycles. The number of carbonyl (C=O) groups is 1. The predicted molar refractivity (Wildman–Crippen MR) is 103 cm³/mol. The van der Waals surface area contributed by atoms with Gasteiger partial charge in [0.2, 0.25) is 0 Å². The molecule has 3 atom stereocenters. The van der Waals surface area contributed by atoms with Crippen molar-refractivity contribution in [2.75, 3.05) is 13.1 Å². The number of halogens is 1. The monoisotopic (exact) mass is 410 g/mol. The van der Waals surface area contributed by atoms with E-state index in [1.54, 1.807) is 0 Å². The maximum Gasteiger partial charge on any atom is 0.304 e. The number of ether oxygens (including phenoxy) is 1. The fourth-order valence-electron chi connectivity index (χ4n) is 4.82. The molecule has 1 heterocycles. The van der Waals surface area contributed by atoms with Gasteiger partial charge in [-0.25, -0.2) is 9.11 Å². The zero-order valence-corrected chi connectivity index (χ0v) is 16.5. The van der Waals surface area contributed by atoms with Crippen LogP contribution in [0.2, 0.25) is 0 Å². The second-order valence-corrected chi connectivity index (χ2v) is 10.3. The van der Waals surface area contributed by atoms with Crippen LogP contribution < -0.4 is 9.46 Å². The number of rotatable bonds is 6. The fraction of sp³-hybridized carbons (Fsp3) is 0.650. The molecule has 1 amide bonds. The number of fused-ring (bicyclic) bond motifs is 2. The first-order chi connectivity index (χ1) is 13.4. The lowest BCUT2D eigenvalue weighted by atomic mass is 9.97. The standard InChI is InChI=1S/C20H25FN2O4S.H2/c21-17-11-19(27-18-9-12-2-3-14(18)8-12)15(13-4-5-13)10-16(17)20(24)22-28(25,26)23-6-1-7-23;/h10-14,18H,1-9H2,(H,22,24);1H/t12?,14?,18-;/m0./s1. The van der Waals surface area contributed by atoms with Crippen molar-refractivity contribution in [2.24, 2.45) is 11.8 Å². The quantitative estimate of drug-likeness (QED) is 0.781. The molecule has 4 aliphatic rings. The molecule has 1 N–H and O–H groups in total. The number of nitrogens with zero attached hydrogens (tertiary/aromatic N) is 1. The van der Waals surface area contributed by atoms with Gasteiger partial charge in [0.1, 0.15) is 17.7 Å². The minimum absolute atomic E-state index is 0. The van der Waals surface area contributed by atoms with Crippen molar-refractivity contribution in [3.8, 4) is 5.75 Å². The summed E-state index contributed by atoms with van der Waals surface area (Å²) in [5.41, 5.74) is 0.599. The van der Waals surface area contributed by atoms with Crippen LogP contribution in [-0.2, 0) is 10.2 Å². The summed E-state index contributed by atoms with van der Waals surface area (Å²) in [7, 11) is -3.90. The van der Waals surface area contributed by atoms with Crippen LogP contribution in [-0.4, -0.2) is 37.8 Å². The van der Waals surface area contributed by atoms with E-state index in [0.717, 1.165) is 37.2 Å². The van der Waals surface area contributed by atoms with E-state index < -0.39 is 21.9 Å². The SMILES string of the molecule is O=C(NS(=O)(=O)N1CCC1)c1cc(C2CC2)c(O[C@H]2CC3CCC2C3)cc1F.[HH]. The molecule has 5 rings (SSSR count). The third kappa shape index (κ3) is 3.30. The maximum atomic E-state index is 14.7. The van der Waals surface area contributed by atoms with Crippen LogP contribution in [0, 0.1) is 17.7 Å². The summed E-state index contributed by atoms with van der Waals surface area (Å²) < 4.78 is 48.5. The fourth-order valence-corrected chi connectivity index (χ4v) is 6.03. The van der Waals surface area contributed by atoms with Crippen LogP contribution in [0.15, 0.2) is 12.1 Å². The van der Waals surface area contributed by atoms with Crippen molar-refractivity contribution >= 4 is 16.1 Å². The van der Waals surface area contributed by atoms with Gasteiger partial charge in [0.05, 0.1) is 5.56 Å². The van der Waals surface area contributed by atoms with Crippen LogP contribution >= 0.6 is 0 Å². The van der Waals surface area contributed by atoms with Crippen molar-refractivity contribution < 1.29 is 23.8 Å². The van der Waals surface area contributed by atoms with E-state index in [9.17, 15) is 17.6 Å². The number of hydrogen-bond donors (Lipinski definition) is 1. The van der Waals surface area contributed by atoms with Gasteiger partial charge < -0.3 is 4.74 Å². The van der Waals surface area contributed by atoms with Gasteiger partial charge in [0.15, 0.2) is 0 Å². The molecule has 0 spiro atoms. The molecule has 154 valence electrons. The van der Waals surface area contributed by atoms with Crippen molar-refractivity contribution in [2.45, 2.75) is 57.0 Å². The van der Waals surface area contributed by atoms with Crippen molar-refractivity contribution in [1.82, 2.24) is 9.03 Å². The average molecular weight is 411 g/mol. The molecule has 3 saturated carbocycles. The van der Waals surface area contributed by atoms with Crippen LogP contribution in [0.5, 0.6) is 5.75 Å². The van der Waals surface area contributed by atoms with Gasteiger partial charge in [-0.05, 0) is 74.3 Å². The minimum Gasteiger partial charge on any atom is -0.490 e. The van der Waals surface area contributed by atoms with Gasteiger partial charge in [0.25, 0.3) is 5.91 Å². The highest BCUT2D eigenvalue weighted by Gasteiger charge is 2.42. The van der Waals surface area contributed by atoms with Gasteiger partial charge in [-0.1, -0.05) is 0 Å². The van der Waals surface area contributed by atoms with Gasteiger partial charge in [-0.3, -0.25) is 4.79 Å². The molecule has 1 aromatic rings. The summed E-state index contributed by atoms with van der Waals surface area (Å²) in [4.78, 5) is 12.5. The number of carbonyl (C=O) groups excluding carboxylic acids is 1. The molecule has 0 radical (unpaired) electrons. The van der Waals surface area contributed by atoms with Crippen molar-refractivity contribution in [3.63, 3.8) is 0 Å². The summed E-state index contributed by atoms with van der Waals surface area (Å²) in [6.07, 6.45) is 7.50. The number of benzene rings is 1. The lowest BCUT2D eigenvalue weighted by molar-refractivity contribution is 0.0973. The highest BCUT2D eigenvalue weighted by atomic mass is 32.2. The largest absolute Gasteiger partial charge is 0.490 e. The molecule has 2 bridgehead atoms. The Bertz CT molecular complexity index is 917. The van der Waals surface area contributed by atoms with E-state index >= 15 is 0 Å². The Morgan fingerprint density at radius 3 is 2.54 bits per heavy atom. The number of hydrogen-bond acceptors (Lipinski definition) is 4. The molecular formula is C20H27FN2O4S. The topological polar surface area (TPSA) is 75.7 Å². The molecule has 6 nitrogen and oxygen atoms in total. The second-order valence-electron chi connectivity index (χ2n) is 8.66. The zero-order chi connectivity index (χ0) is 19.5. The van der Waals surface area contributed by atoms with Gasteiger partial charge in [-0.15, -0.1) is 0 Å². The first-order valence-electron chi connectivity index (χ1n) is 10.2. The van der Waals surface area contributed by atoms with Crippen molar-refractivity contribution in [1.29, 1.82) is 0 Å². The summed E-state index contributed by atoms with van der Waals surface area (Å²) in [5.74, 6) is 0.398. The van der Waals surface area contributed by atoms with E-state index in [1.165, 1.54) is 35.7 Å².